The Bertz CT molecular complexity index is 480. The maximum Gasteiger partial charge on any atom is 0.277 e. The monoisotopic (exact) mass is 274 g/mol. The maximum absolute atomic E-state index is 11.7. The van der Waals surface area contributed by atoms with Gasteiger partial charge in [0.15, 0.2) is 6.61 Å². The minimum Gasteiger partial charge on any atom is -0.484 e. The largest absolute Gasteiger partial charge is 0.484 e. The van der Waals surface area contributed by atoms with E-state index in [2.05, 4.69) is 17.5 Å². The molecule has 1 N–H and O–H groups in total. The Morgan fingerprint density at radius 2 is 2.15 bits per heavy atom. The van der Waals surface area contributed by atoms with Crippen LogP contribution in [-0.4, -0.2) is 18.2 Å². The number of carbonyl (C=O) groups is 1. The molecule has 1 atom stereocenters. The Kier molecular flexibility index (Phi) is 5.16. The number of nitrogens with one attached hydrogen (secondary N) is 1. The number of hydrogen-bond donors (Lipinski definition) is 1. The molecule has 0 radical (unpaired) electrons. The number of nitrogens with zero attached hydrogens (tertiary/aromatic N) is 1. The summed E-state index contributed by atoms with van der Waals surface area (Å²) in [5, 5.41) is 4.20. The molecule has 1 aromatic carbocycles. The lowest BCUT2D eigenvalue weighted by Crippen LogP contribution is -2.27. The Labute approximate surface area is 120 Å². The third kappa shape index (κ3) is 4.68. The molecule has 0 bridgehead atoms. The van der Waals surface area contributed by atoms with Gasteiger partial charge >= 0.3 is 0 Å². The third-order valence-electron chi connectivity index (χ3n) is 3.48. The quantitative estimate of drug-likeness (QED) is 0.858. The molecule has 1 amide bonds. The molecule has 4 heteroatoms. The van der Waals surface area contributed by atoms with Crippen molar-refractivity contribution in [3.63, 3.8) is 0 Å². The van der Waals surface area contributed by atoms with E-state index in [1.807, 2.05) is 31.2 Å². The van der Waals surface area contributed by atoms with Gasteiger partial charge in [-0.2, -0.15) is 5.10 Å². The van der Waals surface area contributed by atoms with Crippen LogP contribution in [0.5, 0.6) is 5.75 Å². The highest BCUT2D eigenvalue weighted by atomic mass is 16.5. The van der Waals surface area contributed by atoms with Gasteiger partial charge in [0.1, 0.15) is 5.75 Å². The van der Waals surface area contributed by atoms with Crippen molar-refractivity contribution in [3.05, 3.63) is 29.8 Å². The molecule has 1 aliphatic carbocycles. The van der Waals surface area contributed by atoms with Gasteiger partial charge in [-0.3, -0.25) is 4.79 Å². The number of amides is 1. The number of hydrogen-bond acceptors (Lipinski definition) is 3. The van der Waals surface area contributed by atoms with Crippen LogP contribution >= 0.6 is 0 Å². The summed E-state index contributed by atoms with van der Waals surface area (Å²) in [6.07, 6.45) is 4.39. The van der Waals surface area contributed by atoms with Crippen LogP contribution in [0.1, 0.15) is 38.2 Å². The molecule has 0 spiro atoms. The molecule has 0 saturated heterocycles. The van der Waals surface area contributed by atoms with Crippen molar-refractivity contribution in [3.8, 4) is 5.75 Å². The van der Waals surface area contributed by atoms with Gasteiger partial charge in [0, 0.05) is 5.71 Å². The van der Waals surface area contributed by atoms with Crippen LogP contribution in [0.2, 0.25) is 0 Å². The van der Waals surface area contributed by atoms with E-state index in [4.69, 9.17) is 4.74 Å². The second-order valence-electron chi connectivity index (χ2n) is 5.52. The average molecular weight is 274 g/mol. The number of ether oxygens (including phenoxy) is 1. The van der Waals surface area contributed by atoms with Crippen molar-refractivity contribution in [2.24, 2.45) is 11.0 Å². The summed E-state index contributed by atoms with van der Waals surface area (Å²) < 4.78 is 5.40. The van der Waals surface area contributed by atoms with Crippen molar-refractivity contribution in [1.82, 2.24) is 5.43 Å². The van der Waals surface area contributed by atoms with E-state index in [0.29, 0.717) is 11.7 Å². The van der Waals surface area contributed by atoms with Gasteiger partial charge in [0.25, 0.3) is 5.91 Å². The molecule has 4 nitrogen and oxygen atoms in total. The van der Waals surface area contributed by atoms with Gasteiger partial charge < -0.3 is 4.74 Å². The van der Waals surface area contributed by atoms with Gasteiger partial charge in [0.2, 0.25) is 0 Å². The molecule has 1 saturated carbocycles. The van der Waals surface area contributed by atoms with Crippen LogP contribution in [0.25, 0.3) is 0 Å². The van der Waals surface area contributed by atoms with E-state index >= 15 is 0 Å². The fraction of sp³-hybridized carbons (Fsp3) is 0.500. The molecule has 108 valence electrons. The van der Waals surface area contributed by atoms with Gasteiger partial charge in [-0.15, -0.1) is 0 Å². The minimum absolute atomic E-state index is 0.00457. The normalized spacial score (nSPS) is 20.7. The Hall–Kier alpha value is -1.84. The molecule has 0 aliphatic heterocycles. The van der Waals surface area contributed by atoms with Gasteiger partial charge in [0.05, 0.1) is 0 Å². The maximum atomic E-state index is 11.7. The van der Waals surface area contributed by atoms with Gasteiger partial charge in [-0.25, -0.2) is 5.43 Å². The van der Waals surface area contributed by atoms with Gasteiger partial charge in [-0.05, 0) is 50.7 Å². The van der Waals surface area contributed by atoms with E-state index in [-0.39, 0.29) is 12.5 Å². The summed E-state index contributed by atoms with van der Waals surface area (Å²) in [6, 6.07) is 7.63. The Morgan fingerprint density at radius 1 is 1.40 bits per heavy atom. The first-order valence-electron chi connectivity index (χ1n) is 7.17. The fourth-order valence-corrected chi connectivity index (χ4v) is 2.32. The van der Waals surface area contributed by atoms with Crippen molar-refractivity contribution < 1.29 is 9.53 Å². The predicted molar refractivity (Wildman–Crippen MR) is 79.9 cm³/mol. The Morgan fingerprint density at radius 3 is 2.85 bits per heavy atom. The molecule has 1 unspecified atom stereocenters. The SMILES string of the molecule is Cc1ccc(OCC(=O)NN=C2CCCC(C)C2)cc1. The predicted octanol–water partition coefficient (Wildman–Crippen LogP) is 3.06. The zero-order valence-electron chi connectivity index (χ0n) is 12.2. The molecule has 1 aromatic rings. The highest BCUT2D eigenvalue weighted by molar-refractivity contribution is 5.87. The second kappa shape index (κ2) is 7.08. The number of rotatable bonds is 4. The topological polar surface area (TPSA) is 50.7 Å². The molecule has 1 fully saturated rings. The van der Waals surface area contributed by atoms with Crippen LogP contribution in [-0.2, 0) is 4.79 Å². The first-order valence-corrected chi connectivity index (χ1v) is 7.17. The van der Waals surface area contributed by atoms with Crippen molar-refractivity contribution >= 4 is 11.6 Å². The summed E-state index contributed by atoms with van der Waals surface area (Å²) in [5.41, 5.74) is 4.84. The van der Waals surface area contributed by atoms with Crippen LogP contribution in [0, 0.1) is 12.8 Å². The number of hydrazone groups is 1. The van der Waals surface area contributed by atoms with E-state index in [9.17, 15) is 4.79 Å². The number of aryl methyl sites for hydroxylation is 1. The summed E-state index contributed by atoms with van der Waals surface area (Å²) in [4.78, 5) is 11.7. The molecule has 0 aromatic heterocycles. The Balaban J connectivity index is 1.75. The third-order valence-corrected chi connectivity index (χ3v) is 3.48. The molecular formula is C16H22N2O2. The lowest BCUT2D eigenvalue weighted by molar-refractivity contribution is -0.123. The number of benzene rings is 1. The van der Waals surface area contributed by atoms with E-state index < -0.39 is 0 Å². The highest BCUT2D eigenvalue weighted by Gasteiger charge is 2.14. The fourth-order valence-electron chi connectivity index (χ4n) is 2.32. The van der Waals surface area contributed by atoms with E-state index in [1.54, 1.807) is 0 Å². The molecule has 0 heterocycles. The minimum atomic E-state index is -0.212. The van der Waals surface area contributed by atoms with Crippen LogP contribution < -0.4 is 10.2 Å². The van der Waals surface area contributed by atoms with Crippen molar-refractivity contribution in [2.45, 2.75) is 39.5 Å². The highest BCUT2D eigenvalue weighted by Crippen LogP contribution is 2.20. The lowest BCUT2D eigenvalue weighted by atomic mass is 9.89. The average Bonchev–Trinajstić information content (AvgIpc) is 2.45. The molecule has 2 rings (SSSR count). The van der Waals surface area contributed by atoms with E-state index in [1.165, 1.54) is 12.0 Å². The lowest BCUT2D eigenvalue weighted by Gasteiger charge is -2.18. The first kappa shape index (κ1) is 14.6. The zero-order chi connectivity index (χ0) is 14.4. The van der Waals surface area contributed by atoms with Crippen LogP contribution in [0.3, 0.4) is 0 Å². The summed E-state index contributed by atoms with van der Waals surface area (Å²) in [5.74, 6) is 1.16. The summed E-state index contributed by atoms with van der Waals surface area (Å²) in [6.45, 7) is 4.23. The summed E-state index contributed by atoms with van der Waals surface area (Å²) in [7, 11) is 0. The van der Waals surface area contributed by atoms with Crippen molar-refractivity contribution in [2.75, 3.05) is 6.61 Å². The molecule has 1 aliphatic rings. The summed E-state index contributed by atoms with van der Waals surface area (Å²) >= 11 is 0. The van der Waals surface area contributed by atoms with Crippen LogP contribution in [0.15, 0.2) is 29.4 Å². The molecule has 20 heavy (non-hydrogen) atoms. The molecular weight excluding hydrogens is 252 g/mol. The zero-order valence-corrected chi connectivity index (χ0v) is 12.2. The second-order valence-corrected chi connectivity index (χ2v) is 5.52. The van der Waals surface area contributed by atoms with Crippen molar-refractivity contribution in [1.29, 1.82) is 0 Å². The first-order chi connectivity index (χ1) is 9.63. The smallest absolute Gasteiger partial charge is 0.277 e. The van der Waals surface area contributed by atoms with E-state index in [0.717, 1.165) is 25.0 Å². The van der Waals surface area contributed by atoms with Crippen LogP contribution in [0.4, 0.5) is 0 Å². The standard InChI is InChI=1S/C16H22N2O2/c1-12-6-8-15(9-7-12)20-11-16(19)18-17-14-5-3-4-13(2)10-14/h6-9,13H,3-5,10-11H2,1-2H3,(H,18,19). The van der Waals surface area contributed by atoms with Gasteiger partial charge in [-0.1, -0.05) is 24.6 Å². The number of carbonyl (C=O) groups excluding carboxylic acids is 1.